The van der Waals surface area contributed by atoms with Gasteiger partial charge in [0.2, 0.25) is 0 Å². The third kappa shape index (κ3) is 6.63. The van der Waals surface area contributed by atoms with Gasteiger partial charge in [-0.25, -0.2) is 14.2 Å². The van der Waals surface area contributed by atoms with Gasteiger partial charge in [0.05, 0.1) is 39.8 Å². The fourth-order valence-corrected chi connectivity index (χ4v) is 4.95. The minimum absolute atomic E-state index is 0.00632. The van der Waals surface area contributed by atoms with Crippen LogP contribution in [-0.2, 0) is 5.41 Å². The Morgan fingerprint density at radius 3 is 1.69 bits per heavy atom. The minimum atomic E-state index is -0.727. The second-order valence-corrected chi connectivity index (χ2v) is 11.8. The zero-order valence-corrected chi connectivity index (χ0v) is 28.2. The SMILES string of the molecule is COc1ccc(OC)c(-n2nnc(C(=O)Nc3cc(OC(=O)c4nnn(-c5cc(OC)ccc5OC)c4C)cc(C(C)(C)C)c3)c2C)c1. The third-order valence-corrected chi connectivity index (χ3v) is 7.67. The van der Waals surface area contributed by atoms with E-state index in [1.54, 1.807) is 83.7 Å². The Hall–Kier alpha value is -5.92. The van der Waals surface area contributed by atoms with Crippen molar-refractivity contribution in [1.82, 2.24) is 30.0 Å². The third-order valence-electron chi connectivity index (χ3n) is 7.67. The Labute approximate surface area is 277 Å². The molecule has 0 aliphatic heterocycles. The molecule has 1 amide bonds. The maximum Gasteiger partial charge on any atom is 0.366 e. The van der Waals surface area contributed by atoms with Crippen molar-refractivity contribution in [3.05, 3.63) is 82.9 Å². The molecule has 2 aromatic heterocycles. The van der Waals surface area contributed by atoms with Crippen molar-refractivity contribution in [3.63, 3.8) is 0 Å². The number of esters is 1. The van der Waals surface area contributed by atoms with Crippen LogP contribution in [0.2, 0.25) is 0 Å². The van der Waals surface area contributed by atoms with Crippen molar-refractivity contribution in [2.24, 2.45) is 0 Å². The maximum atomic E-state index is 13.5. The molecule has 0 aliphatic rings. The van der Waals surface area contributed by atoms with Gasteiger partial charge < -0.3 is 29.0 Å². The van der Waals surface area contributed by atoms with E-state index in [2.05, 4.69) is 25.9 Å². The predicted octanol–water partition coefficient (Wildman–Crippen LogP) is 5.27. The van der Waals surface area contributed by atoms with E-state index in [9.17, 15) is 9.59 Å². The number of anilines is 1. The number of methoxy groups -OCH3 is 4. The summed E-state index contributed by atoms with van der Waals surface area (Å²) in [6.07, 6.45) is 0. The van der Waals surface area contributed by atoms with Gasteiger partial charge in [-0.3, -0.25) is 4.79 Å². The number of nitrogens with one attached hydrogen (secondary N) is 1. The predicted molar refractivity (Wildman–Crippen MR) is 176 cm³/mol. The van der Waals surface area contributed by atoms with E-state index < -0.39 is 11.9 Å². The second kappa shape index (κ2) is 13.4. The van der Waals surface area contributed by atoms with Crippen molar-refractivity contribution in [2.75, 3.05) is 33.8 Å². The number of benzene rings is 3. The summed E-state index contributed by atoms with van der Waals surface area (Å²) >= 11 is 0. The van der Waals surface area contributed by atoms with Gasteiger partial charge in [-0.1, -0.05) is 31.2 Å². The summed E-state index contributed by atoms with van der Waals surface area (Å²) in [5.74, 6) is 1.18. The van der Waals surface area contributed by atoms with E-state index in [1.807, 2.05) is 26.8 Å². The van der Waals surface area contributed by atoms with Crippen LogP contribution >= 0.6 is 0 Å². The zero-order valence-electron chi connectivity index (χ0n) is 28.2. The number of hydrogen-bond acceptors (Lipinski definition) is 11. The Kier molecular flexibility index (Phi) is 9.36. The molecule has 0 saturated carbocycles. The van der Waals surface area contributed by atoms with E-state index in [0.29, 0.717) is 51.4 Å². The minimum Gasteiger partial charge on any atom is -0.497 e. The fourth-order valence-electron chi connectivity index (χ4n) is 4.95. The maximum absolute atomic E-state index is 13.5. The van der Waals surface area contributed by atoms with Crippen LogP contribution in [0.3, 0.4) is 0 Å². The first-order chi connectivity index (χ1) is 22.9. The van der Waals surface area contributed by atoms with Gasteiger partial charge in [-0.05, 0) is 61.2 Å². The topological polar surface area (TPSA) is 154 Å². The average Bonchev–Trinajstić information content (AvgIpc) is 3.65. The van der Waals surface area contributed by atoms with E-state index in [4.69, 9.17) is 23.7 Å². The highest BCUT2D eigenvalue weighted by Crippen LogP contribution is 2.33. The normalized spacial score (nSPS) is 11.2. The van der Waals surface area contributed by atoms with Crippen LogP contribution in [0.5, 0.6) is 28.7 Å². The number of carbonyl (C=O) groups excluding carboxylic acids is 2. The first kappa shape index (κ1) is 33.4. The lowest BCUT2D eigenvalue weighted by Gasteiger charge is -2.21. The number of carbonyl (C=O) groups is 2. The highest BCUT2D eigenvalue weighted by molar-refractivity contribution is 6.04. The molecule has 0 spiro atoms. The van der Waals surface area contributed by atoms with Crippen molar-refractivity contribution < 1.29 is 33.3 Å². The lowest BCUT2D eigenvalue weighted by Crippen LogP contribution is -2.17. The van der Waals surface area contributed by atoms with Gasteiger partial charge in [-0.15, -0.1) is 10.2 Å². The van der Waals surface area contributed by atoms with E-state index >= 15 is 0 Å². The van der Waals surface area contributed by atoms with Crippen LogP contribution in [0.25, 0.3) is 11.4 Å². The highest BCUT2D eigenvalue weighted by atomic mass is 16.5. The van der Waals surface area contributed by atoms with E-state index in [0.717, 1.165) is 5.56 Å². The van der Waals surface area contributed by atoms with Crippen molar-refractivity contribution >= 4 is 17.6 Å². The molecule has 5 rings (SSSR count). The molecular formula is C34H37N7O7. The molecule has 0 aliphatic carbocycles. The number of nitrogens with zero attached hydrogens (tertiary/aromatic N) is 6. The molecular weight excluding hydrogens is 618 g/mol. The number of amides is 1. The lowest BCUT2D eigenvalue weighted by molar-refractivity contribution is 0.0727. The van der Waals surface area contributed by atoms with Crippen LogP contribution in [-0.4, -0.2) is 70.3 Å². The first-order valence-electron chi connectivity index (χ1n) is 14.9. The van der Waals surface area contributed by atoms with Crippen molar-refractivity contribution in [2.45, 2.75) is 40.0 Å². The van der Waals surface area contributed by atoms with Gasteiger partial charge in [0, 0.05) is 23.9 Å². The standard InChI is InChI=1S/C34H37N7O7/c1-19-30(36-38-40(19)26-17-23(44-6)10-12-28(26)46-8)32(42)35-22-14-21(34(3,4)5)15-25(16-22)48-33(43)31-20(2)41(39-37-31)27-18-24(45-7)11-13-29(27)47-9/h10-18H,1-9H3,(H,35,42). The van der Waals surface area contributed by atoms with Gasteiger partial charge in [-0.2, -0.15) is 0 Å². The quantitative estimate of drug-likeness (QED) is 0.155. The molecule has 250 valence electrons. The van der Waals surface area contributed by atoms with Crippen LogP contribution in [0.1, 0.15) is 58.7 Å². The molecule has 5 aromatic rings. The van der Waals surface area contributed by atoms with Crippen LogP contribution < -0.4 is 29.0 Å². The fraction of sp³-hybridized carbons (Fsp3) is 0.294. The molecule has 3 aromatic carbocycles. The molecule has 0 saturated heterocycles. The zero-order chi connectivity index (χ0) is 34.7. The summed E-state index contributed by atoms with van der Waals surface area (Å²) < 4.78 is 30.4. The van der Waals surface area contributed by atoms with Gasteiger partial charge >= 0.3 is 5.97 Å². The second-order valence-electron chi connectivity index (χ2n) is 11.8. The summed E-state index contributed by atoms with van der Waals surface area (Å²) in [7, 11) is 6.18. The molecule has 2 heterocycles. The average molecular weight is 656 g/mol. The summed E-state index contributed by atoms with van der Waals surface area (Å²) in [5, 5.41) is 19.5. The number of aromatic nitrogens is 6. The summed E-state index contributed by atoms with van der Waals surface area (Å²) in [6, 6.07) is 15.6. The molecule has 0 unspecified atom stereocenters. The molecule has 1 N–H and O–H groups in total. The van der Waals surface area contributed by atoms with Crippen LogP contribution in [0, 0.1) is 13.8 Å². The van der Waals surface area contributed by atoms with Crippen LogP contribution in [0.15, 0.2) is 54.6 Å². The Balaban J connectivity index is 1.43. The highest BCUT2D eigenvalue weighted by Gasteiger charge is 2.25. The van der Waals surface area contributed by atoms with Crippen LogP contribution in [0.4, 0.5) is 5.69 Å². The summed E-state index contributed by atoms with van der Waals surface area (Å²) in [5.41, 5.74) is 2.95. The largest absolute Gasteiger partial charge is 0.497 e. The Bertz CT molecular complexity index is 1860. The molecule has 0 radical (unpaired) electrons. The van der Waals surface area contributed by atoms with E-state index in [-0.39, 0.29) is 22.6 Å². The molecule has 14 nitrogen and oxygen atoms in total. The monoisotopic (exact) mass is 655 g/mol. The Morgan fingerprint density at radius 1 is 0.667 bits per heavy atom. The number of hydrogen-bond donors (Lipinski definition) is 1. The molecule has 14 heteroatoms. The molecule has 48 heavy (non-hydrogen) atoms. The summed E-state index contributed by atoms with van der Waals surface area (Å²) in [6.45, 7) is 9.45. The smallest absolute Gasteiger partial charge is 0.366 e. The first-order valence-corrected chi connectivity index (χ1v) is 14.9. The molecule has 0 fully saturated rings. The number of ether oxygens (including phenoxy) is 5. The summed E-state index contributed by atoms with van der Waals surface area (Å²) in [4.78, 5) is 27.0. The van der Waals surface area contributed by atoms with Gasteiger partial charge in [0.25, 0.3) is 5.91 Å². The lowest BCUT2D eigenvalue weighted by atomic mass is 9.86. The van der Waals surface area contributed by atoms with Gasteiger partial charge in [0.15, 0.2) is 11.4 Å². The van der Waals surface area contributed by atoms with Crippen molar-refractivity contribution in [3.8, 4) is 40.1 Å². The van der Waals surface area contributed by atoms with Crippen molar-refractivity contribution in [1.29, 1.82) is 0 Å². The number of rotatable bonds is 10. The molecule has 0 atom stereocenters. The van der Waals surface area contributed by atoms with E-state index in [1.165, 1.54) is 16.5 Å². The molecule has 0 bridgehead atoms. The van der Waals surface area contributed by atoms with Gasteiger partial charge in [0.1, 0.15) is 40.1 Å². The Morgan fingerprint density at radius 2 is 1.19 bits per heavy atom.